The Balaban J connectivity index is 1.20. The summed E-state index contributed by atoms with van der Waals surface area (Å²) in [5, 5.41) is 16.0. The lowest BCUT2D eigenvalue weighted by Crippen LogP contribution is -2.53. The summed E-state index contributed by atoms with van der Waals surface area (Å²) in [5.41, 5.74) is 0.521. The molecule has 29 heavy (non-hydrogen) atoms. The highest BCUT2D eigenvalue weighted by atomic mass is 16.5. The normalized spacial score (nSPS) is 30.6. The fourth-order valence-electron chi connectivity index (χ4n) is 6.13. The van der Waals surface area contributed by atoms with Crippen LogP contribution in [0.3, 0.4) is 0 Å². The van der Waals surface area contributed by atoms with Crippen LogP contribution in [0.4, 0.5) is 0 Å². The van der Waals surface area contributed by atoms with Gasteiger partial charge in [-0.2, -0.15) is 0 Å². The van der Waals surface area contributed by atoms with Gasteiger partial charge in [0.25, 0.3) is 0 Å². The fourth-order valence-corrected chi connectivity index (χ4v) is 6.13. The van der Waals surface area contributed by atoms with Crippen molar-refractivity contribution in [2.24, 2.45) is 23.2 Å². The number of amides is 2. The van der Waals surface area contributed by atoms with Gasteiger partial charge >= 0.3 is 0 Å². The van der Waals surface area contributed by atoms with Crippen molar-refractivity contribution in [1.29, 1.82) is 0 Å². The van der Waals surface area contributed by atoms with Crippen molar-refractivity contribution in [2.75, 3.05) is 20.2 Å². The van der Waals surface area contributed by atoms with Crippen LogP contribution >= 0.6 is 0 Å². The number of carbonyl (C=O) groups is 2. The van der Waals surface area contributed by atoms with E-state index in [0.29, 0.717) is 17.9 Å². The van der Waals surface area contributed by atoms with Crippen molar-refractivity contribution in [2.45, 2.75) is 51.0 Å². The summed E-state index contributed by atoms with van der Waals surface area (Å²) in [6.07, 6.45) is 6.45. The molecule has 1 aromatic carbocycles. The van der Waals surface area contributed by atoms with Crippen LogP contribution in [0.5, 0.6) is 5.75 Å². The van der Waals surface area contributed by atoms with E-state index in [-0.39, 0.29) is 30.2 Å². The summed E-state index contributed by atoms with van der Waals surface area (Å²) in [5.74, 6) is 2.84. The third-order valence-electron chi connectivity index (χ3n) is 7.13. The first-order chi connectivity index (χ1) is 14.0. The molecule has 4 saturated carbocycles. The maximum atomic E-state index is 12.9. The Bertz CT molecular complexity index is 728. The minimum atomic E-state index is -0.796. The van der Waals surface area contributed by atoms with E-state index in [2.05, 4.69) is 10.6 Å². The number of nitrogens with one attached hydrogen (secondary N) is 2. The summed E-state index contributed by atoms with van der Waals surface area (Å²) in [6.45, 7) is 0.483. The molecule has 5 rings (SSSR count). The molecule has 4 fully saturated rings. The van der Waals surface area contributed by atoms with Crippen molar-refractivity contribution >= 4 is 11.8 Å². The monoisotopic (exact) mass is 400 g/mol. The number of hydrogen-bond donors (Lipinski definition) is 3. The smallest absolute Gasteiger partial charge is 0.226 e. The molecule has 0 aromatic heterocycles. The molecule has 0 radical (unpaired) electrons. The third-order valence-corrected chi connectivity index (χ3v) is 7.13. The summed E-state index contributed by atoms with van der Waals surface area (Å²) < 4.78 is 5.15. The lowest BCUT2D eigenvalue weighted by Gasteiger charge is -2.55. The van der Waals surface area contributed by atoms with Crippen LogP contribution in [-0.4, -0.2) is 37.1 Å². The first kappa shape index (κ1) is 20.2. The Morgan fingerprint density at radius 3 is 2.41 bits per heavy atom. The van der Waals surface area contributed by atoms with Gasteiger partial charge in [-0.3, -0.25) is 9.59 Å². The maximum Gasteiger partial charge on any atom is 0.226 e. The standard InChI is InChI=1S/C23H32N2O4/c1-29-19-4-2-3-18(10-19)20(26)14-25-21(27)5-6-24-22(28)23-11-15-7-16(12-23)9-17(8-15)13-23/h2-4,10,15-17,20,26H,5-9,11-14H2,1H3,(H,24,28)(H,25,27). The Kier molecular flexibility index (Phi) is 5.81. The molecule has 3 N–H and O–H groups in total. The molecule has 6 heteroatoms. The van der Waals surface area contributed by atoms with Gasteiger partial charge in [0.1, 0.15) is 5.75 Å². The van der Waals surface area contributed by atoms with Gasteiger partial charge in [-0.05, 0) is 74.0 Å². The first-order valence-electron chi connectivity index (χ1n) is 10.8. The molecule has 0 saturated heterocycles. The quantitative estimate of drug-likeness (QED) is 0.626. The van der Waals surface area contributed by atoms with E-state index in [1.165, 1.54) is 19.3 Å². The highest BCUT2D eigenvalue weighted by Gasteiger charge is 2.54. The number of aliphatic hydroxyl groups is 1. The lowest BCUT2D eigenvalue weighted by atomic mass is 9.49. The zero-order chi connectivity index (χ0) is 20.4. The van der Waals surface area contributed by atoms with Crippen LogP contribution in [0.15, 0.2) is 24.3 Å². The minimum absolute atomic E-state index is 0.134. The van der Waals surface area contributed by atoms with E-state index < -0.39 is 6.10 Å². The second-order valence-corrected chi connectivity index (χ2v) is 9.30. The molecule has 1 aromatic rings. The van der Waals surface area contributed by atoms with Crippen LogP contribution in [0.2, 0.25) is 0 Å². The van der Waals surface area contributed by atoms with Crippen molar-refractivity contribution < 1.29 is 19.4 Å². The second-order valence-electron chi connectivity index (χ2n) is 9.30. The third kappa shape index (κ3) is 4.42. The maximum absolute atomic E-state index is 12.9. The topological polar surface area (TPSA) is 87.7 Å². The molecule has 2 amide bonds. The van der Waals surface area contributed by atoms with Gasteiger partial charge in [0.2, 0.25) is 11.8 Å². The Labute approximate surface area is 172 Å². The average Bonchev–Trinajstić information content (AvgIpc) is 2.71. The molecule has 4 bridgehead atoms. The number of hydrogen-bond acceptors (Lipinski definition) is 4. The molecular weight excluding hydrogens is 368 g/mol. The second kappa shape index (κ2) is 8.34. The van der Waals surface area contributed by atoms with Gasteiger partial charge in [0.15, 0.2) is 0 Å². The van der Waals surface area contributed by atoms with E-state index >= 15 is 0 Å². The molecule has 158 valence electrons. The van der Waals surface area contributed by atoms with E-state index in [1.54, 1.807) is 31.4 Å². The number of aliphatic hydroxyl groups excluding tert-OH is 1. The number of methoxy groups -OCH3 is 1. The molecule has 0 aliphatic heterocycles. The summed E-state index contributed by atoms with van der Waals surface area (Å²) in [6, 6.07) is 7.16. The van der Waals surface area contributed by atoms with Crippen LogP contribution in [0, 0.1) is 23.2 Å². The zero-order valence-electron chi connectivity index (χ0n) is 17.2. The van der Waals surface area contributed by atoms with Crippen molar-refractivity contribution in [1.82, 2.24) is 10.6 Å². The van der Waals surface area contributed by atoms with Gasteiger partial charge in [0.05, 0.1) is 13.2 Å². The van der Waals surface area contributed by atoms with E-state index in [0.717, 1.165) is 37.0 Å². The number of benzene rings is 1. The van der Waals surface area contributed by atoms with Crippen molar-refractivity contribution in [3.05, 3.63) is 29.8 Å². The molecule has 0 heterocycles. The van der Waals surface area contributed by atoms with E-state index in [4.69, 9.17) is 4.74 Å². The van der Waals surface area contributed by atoms with Crippen LogP contribution in [0.1, 0.15) is 56.6 Å². The Hall–Kier alpha value is -2.08. The average molecular weight is 401 g/mol. The predicted octanol–water partition coefficient (Wildman–Crippen LogP) is 2.57. The van der Waals surface area contributed by atoms with Crippen LogP contribution in [-0.2, 0) is 9.59 Å². The highest BCUT2D eigenvalue weighted by Crippen LogP contribution is 2.60. The molecular formula is C23H32N2O4. The van der Waals surface area contributed by atoms with Crippen molar-refractivity contribution in [3.8, 4) is 5.75 Å². The zero-order valence-corrected chi connectivity index (χ0v) is 17.2. The van der Waals surface area contributed by atoms with E-state index in [1.807, 2.05) is 0 Å². The van der Waals surface area contributed by atoms with Gasteiger partial charge in [0, 0.05) is 24.9 Å². The van der Waals surface area contributed by atoms with Crippen LogP contribution in [0.25, 0.3) is 0 Å². The van der Waals surface area contributed by atoms with Gasteiger partial charge in [-0.25, -0.2) is 0 Å². The number of carbonyl (C=O) groups excluding carboxylic acids is 2. The molecule has 4 aliphatic carbocycles. The first-order valence-corrected chi connectivity index (χ1v) is 10.8. The molecule has 0 spiro atoms. The predicted molar refractivity (Wildman–Crippen MR) is 109 cm³/mol. The largest absolute Gasteiger partial charge is 0.497 e. The molecule has 6 nitrogen and oxygen atoms in total. The van der Waals surface area contributed by atoms with E-state index in [9.17, 15) is 14.7 Å². The van der Waals surface area contributed by atoms with Gasteiger partial charge in [-0.1, -0.05) is 12.1 Å². The number of ether oxygens (including phenoxy) is 1. The Morgan fingerprint density at radius 1 is 1.14 bits per heavy atom. The summed E-state index contributed by atoms with van der Waals surface area (Å²) in [4.78, 5) is 25.0. The summed E-state index contributed by atoms with van der Waals surface area (Å²) >= 11 is 0. The molecule has 1 atom stereocenters. The fraction of sp³-hybridized carbons (Fsp3) is 0.652. The van der Waals surface area contributed by atoms with Gasteiger partial charge < -0.3 is 20.5 Å². The van der Waals surface area contributed by atoms with Crippen LogP contribution < -0.4 is 15.4 Å². The van der Waals surface area contributed by atoms with Gasteiger partial charge in [-0.15, -0.1) is 0 Å². The Morgan fingerprint density at radius 2 is 1.79 bits per heavy atom. The summed E-state index contributed by atoms with van der Waals surface area (Å²) in [7, 11) is 1.57. The SMILES string of the molecule is COc1cccc(C(O)CNC(=O)CCNC(=O)C23CC4CC(CC(C4)C2)C3)c1. The van der Waals surface area contributed by atoms with Crippen molar-refractivity contribution in [3.63, 3.8) is 0 Å². The lowest BCUT2D eigenvalue weighted by molar-refractivity contribution is -0.146. The molecule has 1 unspecified atom stereocenters. The number of rotatable bonds is 8. The highest BCUT2D eigenvalue weighted by molar-refractivity contribution is 5.84. The molecule has 4 aliphatic rings. The minimum Gasteiger partial charge on any atom is -0.497 e.